The van der Waals surface area contributed by atoms with Crippen molar-refractivity contribution in [2.45, 2.75) is 19.6 Å². The van der Waals surface area contributed by atoms with Crippen LogP contribution >= 0.6 is 0 Å². The third kappa shape index (κ3) is 3.74. The average molecular weight is 298 g/mol. The number of anilines is 2. The lowest BCUT2D eigenvalue weighted by molar-refractivity contribution is -0.141. The molecular weight excluding hydrogens is 285 g/mol. The molecule has 0 spiro atoms. The molecule has 0 radical (unpaired) electrons. The van der Waals surface area contributed by atoms with Gasteiger partial charge in [0.15, 0.2) is 5.69 Å². The van der Waals surface area contributed by atoms with Gasteiger partial charge in [0.05, 0.1) is 0 Å². The van der Waals surface area contributed by atoms with Crippen LogP contribution in [0.3, 0.4) is 0 Å². The lowest BCUT2D eigenvalue weighted by atomic mass is 10.2. The molecule has 112 valence electrons. The second kappa shape index (κ2) is 5.47. The Kier molecular flexibility index (Phi) is 3.88. The zero-order valence-electron chi connectivity index (χ0n) is 11.1. The van der Waals surface area contributed by atoms with Gasteiger partial charge >= 0.3 is 6.18 Å². The van der Waals surface area contributed by atoms with E-state index in [-0.39, 0.29) is 6.54 Å². The molecule has 0 aliphatic rings. The van der Waals surface area contributed by atoms with Gasteiger partial charge in [0.1, 0.15) is 6.54 Å². The van der Waals surface area contributed by atoms with Crippen molar-refractivity contribution in [2.24, 2.45) is 0 Å². The summed E-state index contributed by atoms with van der Waals surface area (Å²) in [5, 5.41) is 5.91. The fourth-order valence-electron chi connectivity index (χ4n) is 1.76. The van der Waals surface area contributed by atoms with Gasteiger partial charge < -0.3 is 11.1 Å². The molecule has 1 aromatic carbocycles. The number of halogens is 3. The lowest BCUT2D eigenvalue weighted by Crippen LogP contribution is -2.20. The Morgan fingerprint density at radius 1 is 1.38 bits per heavy atom. The number of nitrogens with zero attached hydrogens (tertiary/aromatic N) is 2. The molecule has 5 nitrogen and oxygen atoms in total. The van der Waals surface area contributed by atoms with E-state index in [1.165, 1.54) is 0 Å². The van der Waals surface area contributed by atoms with E-state index in [0.717, 1.165) is 22.5 Å². The van der Waals surface area contributed by atoms with Crippen molar-refractivity contribution in [3.05, 3.63) is 41.7 Å². The number of aryl methyl sites for hydroxylation is 1. The van der Waals surface area contributed by atoms with Gasteiger partial charge in [-0.3, -0.25) is 9.48 Å². The Morgan fingerprint density at radius 2 is 2.10 bits per heavy atom. The van der Waals surface area contributed by atoms with E-state index in [2.05, 4.69) is 10.4 Å². The number of carbonyl (C=O) groups is 1. The Labute approximate surface area is 118 Å². The lowest BCUT2D eigenvalue weighted by Gasteiger charge is -2.09. The van der Waals surface area contributed by atoms with Crippen LogP contribution in [0.2, 0.25) is 0 Å². The monoisotopic (exact) mass is 298 g/mol. The molecule has 0 aliphatic heterocycles. The molecule has 0 atom stereocenters. The van der Waals surface area contributed by atoms with Crippen molar-refractivity contribution in [1.82, 2.24) is 9.78 Å². The standard InChI is InChI=1S/C13H13F3N4O/c1-8-6-9(17)2-3-10(8)18-12(21)7-20-5-4-11(19-20)13(14,15)16/h2-6H,7,17H2,1H3,(H,18,21). The first-order chi connectivity index (χ1) is 9.75. The predicted octanol–water partition coefficient (Wildman–Crippen LogP) is 2.43. The van der Waals surface area contributed by atoms with Crippen LogP contribution in [0.4, 0.5) is 24.5 Å². The van der Waals surface area contributed by atoms with Crippen molar-refractivity contribution in [1.29, 1.82) is 0 Å². The fourth-order valence-corrected chi connectivity index (χ4v) is 1.76. The maximum atomic E-state index is 12.4. The summed E-state index contributed by atoms with van der Waals surface area (Å²) < 4.78 is 38.1. The summed E-state index contributed by atoms with van der Waals surface area (Å²) in [6, 6.07) is 5.76. The number of nitrogens with two attached hydrogens (primary N) is 1. The van der Waals surface area contributed by atoms with E-state index >= 15 is 0 Å². The van der Waals surface area contributed by atoms with E-state index in [9.17, 15) is 18.0 Å². The molecule has 3 N–H and O–H groups in total. The van der Waals surface area contributed by atoms with E-state index < -0.39 is 17.8 Å². The quantitative estimate of drug-likeness (QED) is 0.855. The second-order valence-electron chi connectivity index (χ2n) is 4.52. The number of hydrogen-bond acceptors (Lipinski definition) is 3. The highest BCUT2D eigenvalue weighted by Gasteiger charge is 2.33. The molecule has 0 saturated carbocycles. The topological polar surface area (TPSA) is 72.9 Å². The van der Waals surface area contributed by atoms with E-state index in [0.29, 0.717) is 11.4 Å². The zero-order valence-corrected chi connectivity index (χ0v) is 11.1. The number of carbonyl (C=O) groups excluding carboxylic acids is 1. The van der Waals surface area contributed by atoms with Crippen molar-refractivity contribution >= 4 is 17.3 Å². The van der Waals surface area contributed by atoms with Gasteiger partial charge in [-0.1, -0.05) is 0 Å². The third-order valence-corrected chi connectivity index (χ3v) is 2.76. The van der Waals surface area contributed by atoms with Gasteiger partial charge in [-0.2, -0.15) is 18.3 Å². The predicted molar refractivity (Wildman–Crippen MR) is 71.5 cm³/mol. The highest BCUT2D eigenvalue weighted by Crippen LogP contribution is 2.27. The Balaban J connectivity index is 2.03. The first kappa shape index (κ1) is 14.9. The Hall–Kier alpha value is -2.51. The Morgan fingerprint density at radius 3 is 2.67 bits per heavy atom. The summed E-state index contributed by atoms with van der Waals surface area (Å²) >= 11 is 0. The number of benzene rings is 1. The van der Waals surface area contributed by atoms with Gasteiger partial charge in [-0.25, -0.2) is 0 Å². The fraction of sp³-hybridized carbons (Fsp3) is 0.231. The van der Waals surface area contributed by atoms with Crippen molar-refractivity contribution in [3.8, 4) is 0 Å². The van der Waals surface area contributed by atoms with Crippen LogP contribution in [-0.2, 0) is 17.5 Å². The average Bonchev–Trinajstić information content (AvgIpc) is 2.81. The molecular formula is C13H13F3N4O. The number of rotatable bonds is 3. The smallest absolute Gasteiger partial charge is 0.399 e. The van der Waals surface area contributed by atoms with Gasteiger partial charge in [0.2, 0.25) is 5.91 Å². The number of hydrogen-bond donors (Lipinski definition) is 2. The first-order valence-electron chi connectivity index (χ1n) is 6.02. The highest BCUT2D eigenvalue weighted by atomic mass is 19.4. The van der Waals surface area contributed by atoms with E-state index in [4.69, 9.17) is 5.73 Å². The molecule has 0 fully saturated rings. The molecule has 8 heteroatoms. The number of nitrogen functional groups attached to an aromatic ring is 1. The molecule has 1 aromatic heterocycles. The molecule has 21 heavy (non-hydrogen) atoms. The van der Waals surface area contributed by atoms with E-state index in [1.807, 2.05) is 0 Å². The van der Waals surface area contributed by atoms with E-state index in [1.54, 1.807) is 25.1 Å². The van der Waals surface area contributed by atoms with Crippen LogP contribution in [0, 0.1) is 6.92 Å². The molecule has 1 amide bonds. The first-order valence-corrected chi connectivity index (χ1v) is 6.02. The second-order valence-corrected chi connectivity index (χ2v) is 4.52. The van der Waals surface area contributed by atoms with Gasteiger partial charge in [0, 0.05) is 17.6 Å². The summed E-state index contributed by atoms with van der Waals surface area (Å²) in [7, 11) is 0. The van der Waals surface area contributed by atoms with Crippen LogP contribution in [0.25, 0.3) is 0 Å². The molecule has 0 unspecified atom stereocenters. The number of amides is 1. The summed E-state index contributed by atoms with van der Waals surface area (Å²) in [5.74, 6) is -0.473. The van der Waals surface area contributed by atoms with Crippen LogP contribution < -0.4 is 11.1 Å². The Bertz CT molecular complexity index is 664. The molecule has 0 bridgehead atoms. The van der Waals surface area contributed by atoms with Crippen molar-refractivity contribution in [3.63, 3.8) is 0 Å². The highest BCUT2D eigenvalue weighted by molar-refractivity contribution is 5.91. The van der Waals surface area contributed by atoms with Gasteiger partial charge in [0.25, 0.3) is 0 Å². The molecule has 1 heterocycles. The number of nitrogens with one attached hydrogen (secondary N) is 1. The summed E-state index contributed by atoms with van der Waals surface area (Å²) in [6.45, 7) is 1.46. The minimum Gasteiger partial charge on any atom is -0.399 e. The summed E-state index contributed by atoms with van der Waals surface area (Å²) in [4.78, 5) is 11.8. The van der Waals surface area contributed by atoms with Gasteiger partial charge in [-0.15, -0.1) is 0 Å². The maximum absolute atomic E-state index is 12.4. The van der Waals surface area contributed by atoms with Crippen LogP contribution in [0.1, 0.15) is 11.3 Å². The van der Waals surface area contributed by atoms with Crippen LogP contribution in [0.15, 0.2) is 30.5 Å². The number of aromatic nitrogens is 2. The van der Waals surface area contributed by atoms with Gasteiger partial charge in [-0.05, 0) is 36.8 Å². The zero-order chi connectivity index (χ0) is 15.6. The van der Waals surface area contributed by atoms with Crippen molar-refractivity contribution in [2.75, 3.05) is 11.1 Å². The molecule has 2 rings (SSSR count). The number of alkyl halides is 3. The molecule has 0 saturated heterocycles. The van der Waals surface area contributed by atoms with Crippen LogP contribution in [0.5, 0.6) is 0 Å². The van der Waals surface area contributed by atoms with Crippen LogP contribution in [-0.4, -0.2) is 15.7 Å². The third-order valence-electron chi connectivity index (χ3n) is 2.76. The van der Waals surface area contributed by atoms with Crippen molar-refractivity contribution < 1.29 is 18.0 Å². The molecule has 0 aliphatic carbocycles. The minimum absolute atomic E-state index is 0.306. The summed E-state index contributed by atoms with van der Waals surface area (Å²) in [5.41, 5.74) is 6.44. The normalized spacial score (nSPS) is 11.4. The molecule has 2 aromatic rings. The largest absolute Gasteiger partial charge is 0.435 e. The summed E-state index contributed by atoms with van der Waals surface area (Å²) in [6.07, 6.45) is -3.41. The minimum atomic E-state index is -4.52. The SMILES string of the molecule is Cc1cc(N)ccc1NC(=O)Cn1ccc(C(F)(F)F)n1. The maximum Gasteiger partial charge on any atom is 0.435 e.